The second kappa shape index (κ2) is 5.68. The van der Waals surface area contributed by atoms with E-state index in [-0.39, 0.29) is 5.91 Å². The van der Waals surface area contributed by atoms with E-state index in [4.69, 9.17) is 6.42 Å². The molecule has 1 aromatic rings. The normalized spacial score (nSPS) is 13.2. The van der Waals surface area contributed by atoms with Crippen molar-refractivity contribution in [2.45, 2.75) is 25.8 Å². The lowest BCUT2D eigenvalue weighted by atomic mass is 10.1. The molecule has 0 atom stereocenters. The number of rotatable bonds is 3. The Morgan fingerprint density at radius 1 is 1.61 bits per heavy atom. The maximum Gasteiger partial charge on any atom is 0.225 e. The fraction of sp³-hybridized carbons (Fsp3) is 0.385. The Balaban J connectivity index is 2.19. The molecule has 1 aliphatic heterocycles. The third kappa shape index (κ3) is 2.53. The molecule has 18 heavy (non-hydrogen) atoms. The van der Waals surface area contributed by atoms with Gasteiger partial charge in [-0.25, -0.2) is 0 Å². The Hall–Kier alpha value is -1.82. The first-order chi connectivity index (χ1) is 8.76. The summed E-state index contributed by atoms with van der Waals surface area (Å²) in [6.45, 7) is 1.65. The predicted molar refractivity (Wildman–Crippen MR) is 71.1 cm³/mol. The summed E-state index contributed by atoms with van der Waals surface area (Å²) >= 11 is 1.48. The molecule has 0 aliphatic carbocycles. The molecule has 0 fully saturated rings. The van der Waals surface area contributed by atoms with Crippen molar-refractivity contribution in [3.63, 3.8) is 0 Å². The van der Waals surface area contributed by atoms with Gasteiger partial charge in [0, 0.05) is 24.3 Å². The highest BCUT2D eigenvalue weighted by atomic mass is 32.1. The highest BCUT2D eigenvalue weighted by Crippen LogP contribution is 2.34. The van der Waals surface area contributed by atoms with Gasteiger partial charge in [-0.15, -0.1) is 23.7 Å². The number of thiophene rings is 1. The van der Waals surface area contributed by atoms with Crippen molar-refractivity contribution in [2.24, 2.45) is 0 Å². The monoisotopic (exact) mass is 259 g/mol. The van der Waals surface area contributed by atoms with Crippen LogP contribution in [-0.4, -0.2) is 12.5 Å². The van der Waals surface area contributed by atoms with Gasteiger partial charge in [0.05, 0.1) is 5.56 Å². The third-order valence-electron chi connectivity index (χ3n) is 2.79. The molecule has 1 aromatic heterocycles. The number of nitrogens with zero attached hydrogens (tertiary/aromatic N) is 1. The van der Waals surface area contributed by atoms with Gasteiger partial charge in [-0.3, -0.25) is 4.79 Å². The van der Waals surface area contributed by atoms with Crippen molar-refractivity contribution in [3.8, 4) is 18.4 Å². The van der Waals surface area contributed by atoms with E-state index in [1.807, 2.05) is 0 Å². The summed E-state index contributed by atoms with van der Waals surface area (Å²) in [5.74, 6) is 2.30. The molecule has 1 aliphatic rings. The second-order valence-corrected chi connectivity index (χ2v) is 5.10. The molecule has 0 bridgehead atoms. The Morgan fingerprint density at radius 3 is 3.17 bits per heavy atom. The van der Waals surface area contributed by atoms with Crippen LogP contribution in [0.3, 0.4) is 0 Å². The van der Waals surface area contributed by atoms with Crippen LogP contribution in [0.2, 0.25) is 0 Å². The molecular formula is C13H13N3OS. The third-order valence-corrected chi connectivity index (χ3v) is 3.94. The zero-order chi connectivity index (χ0) is 13.0. The molecule has 2 N–H and O–H groups in total. The number of nitriles is 1. The molecule has 0 aromatic carbocycles. The Kier molecular flexibility index (Phi) is 3.99. The standard InChI is InChI=1S/C13H13N3OS/c1-2-3-4-12(17)16-13-10(7-14)9-5-6-15-8-11(9)18-13/h1,15H,3-6,8H2,(H,16,17). The van der Waals surface area contributed by atoms with E-state index in [0.717, 1.165) is 30.0 Å². The average molecular weight is 259 g/mol. The van der Waals surface area contributed by atoms with Gasteiger partial charge in [0.15, 0.2) is 0 Å². The van der Waals surface area contributed by atoms with Gasteiger partial charge in [0.2, 0.25) is 5.91 Å². The van der Waals surface area contributed by atoms with E-state index in [1.165, 1.54) is 11.3 Å². The average Bonchev–Trinajstić information content (AvgIpc) is 2.73. The van der Waals surface area contributed by atoms with Crippen molar-refractivity contribution in [2.75, 3.05) is 11.9 Å². The molecule has 0 spiro atoms. The van der Waals surface area contributed by atoms with Gasteiger partial charge < -0.3 is 10.6 Å². The maximum absolute atomic E-state index is 11.6. The lowest BCUT2D eigenvalue weighted by Crippen LogP contribution is -2.22. The molecule has 4 nitrogen and oxygen atoms in total. The van der Waals surface area contributed by atoms with E-state index in [9.17, 15) is 10.1 Å². The second-order valence-electron chi connectivity index (χ2n) is 4.00. The van der Waals surface area contributed by atoms with Crippen molar-refractivity contribution >= 4 is 22.2 Å². The Labute approximate surface area is 110 Å². The van der Waals surface area contributed by atoms with E-state index < -0.39 is 0 Å². The fourth-order valence-electron chi connectivity index (χ4n) is 1.92. The topological polar surface area (TPSA) is 64.9 Å². The summed E-state index contributed by atoms with van der Waals surface area (Å²) in [5.41, 5.74) is 1.69. The molecule has 1 amide bonds. The number of carbonyl (C=O) groups excluding carboxylic acids is 1. The summed E-state index contributed by atoms with van der Waals surface area (Å²) < 4.78 is 0. The predicted octanol–water partition coefficient (Wildman–Crippen LogP) is 1.62. The van der Waals surface area contributed by atoms with Crippen LogP contribution in [0, 0.1) is 23.7 Å². The molecule has 0 saturated heterocycles. The number of hydrogen-bond donors (Lipinski definition) is 2. The van der Waals surface area contributed by atoms with Crippen LogP contribution >= 0.6 is 11.3 Å². The number of anilines is 1. The van der Waals surface area contributed by atoms with E-state index in [1.54, 1.807) is 0 Å². The fourth-order valence-corrected chi connectivity index (χ4v) is 3.10. The maximum atomic E-state index is 11.6. The molecular weight excluding hydrogens is 246 g/mol. The van der Waals surface area contributed by atoms with Gasteiger partial charge in [-0.1, -0.05) is 0 Å². The summed E-state index contributed by atoms with van der Waals surface area (Å²) in [5, 5.41) is 15.9. The van der Waals surface area contributed by atoms with E-state index in [2.05, 4.69) is 22.6 Å². The summed E-state index contributed by atoms with van der Waals surface area (Å²) in [6.07, 6.45) is 6.67. The molecule has 92 valence electrons. The molecule has 0 radical (unpaired) electrons. The minimum absolute atomic E-state index is 0.129. The van der Waals surface area contributed by atoms with Crippen LogP contribution in [0.1, 0.15) is 28.8 Å². The zero-order valence-electron chi connectivity index (χ0n) is 9.88. The number of terminal acetylenes is 1. The first-order valence-electron chi connectivity index (χ1n) is 5.75. The van der Waals surface area contributed by atoms with E-state index >= 15 is 0 Å². The minimum atomic E-state index is -0.129. The number of amides is 1. The minimum Gasteiger partial charge on any atom is -0.317 e. The van der Waals surface area contributed by atoms with Crippen LogP contribution in [-0.2, 0) is 17.8 Å². The lowest BCUT2D eigenvalue weighted by molar-refractivity contribution is -0.116. The van der Waals surface area contributed by atoms with E-state index in [0.29, 0.717) is 23.4 Å². The number of hydrogen-bond acceptors (Lipinski definition) is 4. The number of fused-ring (bicyclic) bond motifs is 1. The van der Waals surface area contributed by atoms with Crippen LogP contribution in [0.25, 0.3) is 0 Å². The first kappa shape index (κ1) is 12.6. The van der Waals surface area contributed by atoms with Crippen molar-refractivity contribution in [1.82, 2.24) is 5.32 Å². The molecule has 5 heteroatoms. The largest absolute Gasteiger partial charge is 0.317 e. The molecule has 2 rings (SSSR count). The lowest BCUT2D eigenvalue weighted by Gasteiger charge is -2.11. The molecule has 0 unspecified atom stereocenters. The SMILES string of the molecule is C#CCCC(=O)Nc1sc2c(c1C#N)CCNC2. The van der Waals surface area contributed by atoms with Gasteiger partial charge in [-0.2, -0.15) is 5.26 Å². The van der Waals surface area contributed by atoms with Crippen LogP contribution < -0.4 is 10.6 Å². The van der Waals surface area contributed by atoms with Crippen LogP contribution in [0.5, 0.6) is 0 Å². The van der Waals surface area contributed by atoms with Gasteiger partial charge in [-0.05, 0) is 18.5 Å². The highest BCUT2D eigenvalue weighted by Gasteiger charge is 2.21. The van der Waals surface area contributed by atoms with Crippen LogP contribution in [0.15, 0.2) is 0 Å². The quantitative estimate of drug-likeness (QED) is 0.811. The number of nitrogens with one attached hydrogen (secondary N) is 2. The van der Waals surface area contributed by atoms with Gasteiger partial charge in [0.1, 0.15) is 11.1 Å². The molecule has 2 heterocycles. The Bertz CT molecular complexity index is 548. The highest BCUT2D eigenvalue weighted by molar-refractivity contribution is 7.16. The van der Waals surface area contributed by atoms with Crippen molar-refractivity contribution < 1.29 is 4.79 Å². The van der Waals surface area contributed by atoms with Crippen molar-refractivity contribution in [1.29, 1.82) is 5.26 Å². The van der Waals surface area contributed by atoms with Crippen molar-refractivity contribution in [3.05, 3.63) is 16.0 Å². The smallest absolute Gasteiger partial charge is 0.225 e. The van der Waals surface area contributed by atoms with Crippen LogP contribution in [0.4, 0.5) is 5.00 Å². The summed E-state index contributed by atoms with van der Waals surface area (Å²) in [4.78, 5) is 12.8. The van der Waals surface area contributed by atoms with Gasteiger partial charge in [0.25, 0.3) is 0 Å². The summed E-state index contributed by atoms with van der Waals surface area (Å²) in [6, 6.07) is 2.19. The van der Waals surface area contributed by atoms with Gasteiger partial charge >= 0.3 is 0 Å². The zero-order valence-corrected chi connectivity index (χ0v) is 10.7. The summed E-state index contributed by atoms with van der Waals surface area (Å²) in [7, 11) is 0. The first-order valence-corrected chi connectivity index (χ1v) is 6.56. The Morgan fingerprint density at radius 2 is 2.44 bits per heavy atom. The number of carbonyl (C=O) groups is 1. The molecule has 0 saturated carbocycles.